The van der Waals surface area contributed by atoms with Gasteiger partial charge in [-0.2, -0.15) is 0 Å². The Morgan fingerprint density at radius 1 is 1.25 bits per heavy atom. The lowest BCUT2D eigenvalue weighted by molar-refractivity contribution is 0.170. The van der Waals surface area contributed by atoms with E-state index in [4.69, 9.17) is 5.73 Å². The smallest absolute Gasteiger partial charge is 0.0370 e. The lowest BCUT2D eigenvalue weighted by atomic mass is 10.0. The van der Waals surface area contributed by atoms with Crippen LogP contribution in [0, 0.1) is 6.92 Å². The number of nitrogens with two attached hydrogens (primary N) is 1. The highest BCUT2D eigenvalue weighted by Crippen LogP contribution is 2.24. The van der Waals surface area contributed by atoms with E-state index in [2.05, 4.69) is 62.7 Å². The first-order valence-electron chi connectivity index (χ1n) is 7.70. The topological polar surface area (TPSA) is 32.5 Å². The van der Waals surface area contributed by atoms with Crippen molar-refractivity contribution in [2.75, 3.05) is 25.0 Å². The van der Waals surface area contributed by atoms with Gasteiger partial charge in [0.2, 0.25) is 0 Å². The molecule has 2 rings (SSSR count). The van der Waals surface area contributed by atoms with E-state index in [9.17, 15) is 0 Å². The first kappa shape index (κ1) is 15.3. The summed E-state index contributed by atoms with van der Waals surface area (Å²) in [6, 6.07) is 8.26. The Bertz CT molecular complexity index is 444. The molecule has 0 saturated carbocycles. The minimum Gasteiger partial charge on any atom is -0.368 e. The fraction of sp³-hybridized carbons (Fsp3) is 0.647. The van der Waals surface area contributed by atoms with Crippen LogP contribution in [0.3, 0.4) is 0 Å². The van der Waals surface area contributed by atoms with Crippen molar-refractivity contribution in [2.45, 2.75) is 52.2 Å². The second-order valence-corrected chi connectivity index (χ2v) is 6.56. The minimum absolute atomic E-state index is 0.225. The molecule has 0 aliphatic carbocycles. The Balaban J connectivity index is 2.15. The lowest BCUT2D eigenvalue weighted by Crippen LogP contribution is -2.55. The third kappa shape index (κ3) is 3.33. The number of anilines is 1. The zero-order chi connectivity index (χ0) is 14.9. The third-order valence-electron chi connectivity index (χ3n) is 4.59. The number of piperazine rings is 1. The highest BCUT2D eigenvalue weighted by Gasteiger charge is 2.26. The van der Waals surface area contributed by atoms with E-state index in [0.29, 0.717) is 12.1 Å². The first-order valence-corrected chi connectivity index (χ1v) is 7.70. The molecule has 1 aromatic carbocycles. The van der Waals surface area contributed by atoms with Gasteiger partial charge in [0.1, 0.15) is 0 Å². The van der Waals surface area contributed by atoms with Crippen LogP contribution in [0.5, 0.6) is 0 Å². The summed E-state index contributed by atoms with van der Waals surface area (Å²) in [5.41, 5.74) is 9.99. The van der Waals surface area contributed by atoms with Crippen LogP contribution in [-0.2, 0) is 6.42 Å². The summed E-state index contributed by atoms with van der Waals surface area (Å²) in [7, 11) is 2.23. The highest BCUT2D eigenvalue weighted by atomic mass is 15.3. The van der Waals surface area contributed by atoms with E-state index in [0.717, 1.165) is 19.5 Å². The van der Waals surface area contributed by atoms with Crippen LogP contribution in [0.15, 0.2) is 18.2 Å². The molecule has 1 fully saturated rings. The van der Waals surface area contributed by atoms with Crippen LogP contribution >= 0.6 is 0 Å². The molecule has 1 aliphatic heterocycles. The van der Waals surface area contributed by atoms with Crippen LogP contribution in [0.2, 0.25) is 0 Å². The van der Waals surface area contributed by atoms with Crippen LogP contribution in [-0.4, -0.2) is 43.2 Å². The van der Waals surface area contributed by atoms with E-state index in [1.807, 2.05) is 0 Å². The van der Waals surface area contributed by atoms with Crippen molar-refractivity contribution in [1.82, 2.24) is 4.90 Å². The van der Waals surface area contributed by atoms with Crippen LogP contribution in [0.25, 0.3) is 0 Å². The SMILES string of the molecule is Cc1cc(N2CC(C)N(C)C(C)C2)ccc1CC(C)N. The maximum absolute atomic E-state index is 5.91. The van der Waals surface area contributed by atoms with Gasteiger partial charge in [-0.25, -0.2) is 0 Å². The summed E-state index contributed by atoms with van der Waals surface area (Å²) in [6.45, 7) is 11.1. The molecule has 0 radical (unpaired) electrons. The number of benzene rings is 1. The summed E-state index contributed by atoms with van der Waals surface area (Å²) in [6.07, 6.45) is 0.960. The number of nitrogens with zero attached hydrogens (tertiary/aromatic N) is 2. The molecule has 3 heteroatoms. The average Bonchev–Trinajstić information content (AvgIpc) is 2.37. The van der Waals surface area contributed by atoms with E-state index in [-0.39, 0.29) is 6.04 Å². The molecule has 1 aromatic rings. The maximum Gasteiger partial charge on any atom is 0.0370 e. The normalized spacial score (nSPS) is 25.8. The van der Waals surface area contributed by atoms with Crippen molar-refractivity contribution < 1.29 is 0 Å². The van der Waals surface area contributed by atoms with Crippen molar-refractivity contribution in [3.8, 4) is 0 Å². The number of hydrogen-bond acceptors (Lipinski definition) is 3. The zero-order valence-corrected chi connectivity index (χ0v) is 13.6. The summed E-state index contributed by atoms with van der Waals surface area (Å²) in [5.74, 6) is 0. The van der Waals surface area contributed by atoms with Gasteiger partial charge < -0.3 is 10.6 Å². The molecule has 112 valence electrons. The van der Waals surface area contributed by atoms with Crippen molar-refractivity contribution in [3.63, 3.8) is 0 Å². The van der Waals surface area contributed by atoms with Gasteiger partial charge in [0.25, 0.3) is 0 Å². The molecule has 0 aromatic heterocycles. The molecular weight excluding hydrogens is 246 g/mol. The summed E-state index contributed by atoms with van der Waals surface area (Å²) >= 11 is 0. The molecule has 1 aliphatic rings. The molecule has 0 amide bonds. The quantitative estimate of drug-likeness (QED) is 0.919. The van der Waals surface area contributed by atoms with E-state index >= 15 is 0 Å². The zero-order valence-electron chi connectivity index (χ0n) is 13.6. The molecule has 2 N–H and O–H groups in total. The Morgan fingerprint density at radius 3 is 2.35 bits per heavy atom. The molecule has 0 bridgehead atoms. The molecule has 20 heavy (non-hydrogen) atoms. The minimum atomic E-state index is 0.225. The molecule has 1 saturated heterocycles. The lowest BCUT2D eigenvalue weighted by Gasteiger charge is -2.43. The predicted molar refractivity (Wildman–Crippen MR) is 87.4 cm³/mol. The Labute approximate surface area is 123 Å². The van der Waals surface area contributed by atoms with Crippen LogP contribution in [0.1, 0.15) is 31.9 Å². The fourth-order valence-electron chi connectivity index (χ4n) is 3.07. The second-order valence-electron chi connectivity index (χ2n) is 6.56. The number of aryl methyl sites for hydroxylation is 1. The fourth-order valence-corrected chi connectivity index (χ4v) is 3.07. The van der Waals surface area contributed by atoms with Crippen LogP contribution < -0.4 is 10.6 Å². The Kier molecular flexibility index (Phi) is 4.71. The first-order chi connectivity index (χ1) is 9.38. The third-order valence-corrected chi connectivity index (χ3v) is 4.59. The van der Waals surface area contributed by atoms with Gasteiger partial charge >= 0.3 is 0 Å². The van der Waals surface area contributed by atoms with Crippen LogP contribution in [0.4, 0.5) is 5.69 Å². The molecule has 3 unspecified atom stereocenters. The molecular formula is C17H29N3. The van der Waals surface area contributed by atoms with Gasteiger partial charge in [-0.3, -0.25) is 4.90 Å². The Hall–Kier alpha value is -1.06. The van der Waals surface area contributed by atoms with Gasteiger partial charge in [0, 0.05) is 36.9 Å². The number of rotatable bonds is 3. The molecule has 3 atom stereocenters. The Morgan fingerprint density at radius 2 is 1.85 bits per heavy atom. The standard InChI is InChI=1S/C17H29N3/c1-12-8-17(7-6-16(12)9-13(2)18)20-10-14(3)19(5)15(4)11-20/h6-8,13-15H,9-11,18H2,1-5H3. The summed E-state index contributed by atoms with van der Waals surface area (Å²) < 4.78 is 0. The average molecular weight is 275 g/mol. The van der Waals surface area contributed by atoms with Gasteiger partial charge in [0.15, 0.2) is 0 Å². The van der Waals surface area contributed by atoms with Crippen molar-refractivity contribution in [1.29, 1.82) is 0 Å². The summed E-state index contributed by atoms with van der Waals surface area (Å²) in [5, 5.41) is 0. The maximum atomic E-state index is 5.91. The van der Waals surface area contributed by atoms with Crippen molar-refractivity contribution in [3.05, 3.63) is 29.3 Å². The van der Waals surface area contributed by atoms with Crippen molar-refractivity contribution in [2.24, 2.45) is 5.73 Å². The number of likely N-dealkylation sites (N-methyl/N-ethyl adjacent to an activating group) is 1. The molecule has 1 heterocycles. The largest absolute Gasteiger partial charge is 0.368 e. The monoisotopic (exact) mass is 275 g/mol. The summed E-state index contributed by atoms with van der Waals surface area (Å²) in [4.78, 5) is 4.98. The predicted octanol–water partition coefficient (Wildman–Crippen LogP) is 2.41. The van der Waals surface area contributed by atoms with E-state index in [1.165, 1.54) is 16.8 Å². The van der Waals surface area contributed by atoms with E-state index < -0.39 is 0 Å². The molecule has 0 spiro atoms. The van der Waals surface area contributed by atoms with Crippen molar-refractivity contribution >= 4 is 5.69 Å². The second kappa shape index (κ2) is 6.15. The van der Waals surface area contributed by atoms with Gasteiger partial charge in [-0.1, -0.05) is 6.07 Å². The van der Waals surface area contributed by atoms with Gasteiger partial charge in [-0.05, 0) is 64.4 Å². The number of hydrogen-bond donors (Lipinski definition) is 1. The van der Waals surface area contributed by atoms with Gasteiger partial charge in [-0.15, -0.1) is 0 Å². The highest BCUT2D eigenvalue weighted by molar-refractivity contribution is 5.51. The van der Waals surface area contributed by atoms with Gasteiger partial charge in [0.05, 0.1) is 0 Å². The molecule has 3 nitrogen and oxygen atoms in total. The van der Waals surface area contributed by atoms with E-state index in [1.54, 1.807) is 0 Å².